The molecule has 1 fully saturated rings. The van der Waals surface area contributed by atoms with Crippen LogP contribution in [-0.4, -0.2) is 57.4 Å². The molecule has 0 radical (unpaired) electrons. The fourth-order valence-corrected chi connectivity index (χ4v) is 2.50. The predicted octanol–water partition coefficient (Wildman–Crippen LogP) is 2.38. The van der Waals surface area contributed by atoms with Crippen molar-refractivity contribution in [2.24, 2.45) is 5.41 Å². The van der Waals surface area contributed by atoms with Gasteiger partial charge in [-0.25, -0.2) is 4.79 Å². The van der Waals surface area contributed by atoms with E-state index in [4.69, 9.17) is 9.90 Å². The lowest BCUT2D eigenvalue weighted by Crippen LogP contribution is -2.49. The molecule has 2 aromatic rings. The molecular formula is C16H15F6N5O3. The van der Waals surface area contributed by atoms with Crippen LogP contribution in [0.2, 0.25) is 0 Å². The fraction of sp³-hybridized carbons (Fsp3) is 0.375. The normalized spacial score (nSPS) is 19.0. The van der Waals surface area contributed by atoms with E-state index in [2.05, 4.69) is 20.8 Å². The van der Waals surface area contributed by atoms with Gasteiger partial charge in [0.2, 0.25) is 5.91 Å². The van der Waals surface area contributed by atoms with Crippen LogP contribution in [0.25, 0.3) is 5.69 Å². The van der Waals surface area contributed by atoms with Crippen LogP contribution in [-0.2, 0) is 9.59 Å². The molecule has 1 amide bonds. The summed E-state index contributed by atoms with van der Waals surface area (Å²) in [6, 6.07) is 8.85. The number of anilines is 1. The van der Waals surface area contributed by atoms with Crippen LogP contribution in [0.5, 0.6) is 0 Å². The number of rotatable bonds is 3. The van der Waals surface area contributed by atoms with Gasteiger partial charge in [0.1, 0.15) is 0 Å². The van der Waals surface area contributed by atoms with Crippen LogP contribution < -0.4 is 10.6 Å². The molecule has 1 atom stereocenters. The summed E-state index contributed by atoms with van der Waals surface area (Å²) in [5.41, 5.74) is -1.79. The second-order valence-electron chi connectivity index (χ2n) is 6.12. The van der Waals surface area contributed by atoms with Gasteiger partial charge < -0.3 is 15.7 Å². The molecule has 1 saturated heterocycles. The Kier molecular flexibility index (Phi) is 6.70. The molecule has 2 heterocycles. The highest BCUT2D eigenvalue weighted by Crippen LogP contribution is 2.43. The zero-order valence-electron chi connectivity index (χ0n) is 15.0. The Hall–Kier alpha value is -3.16. The Labute approximate surface area is 164 Å². The van der Waals surface area contributed by atoms with Crippen molar-refractivity contribution in [3.63, 3.8) is 0 Å². The van der Waals surface area contributed by atoms with Crippen molar-refractivity contribution < 1.29 is 41.0 Å². The monoisotopic (exact) mass is 439 g/mol. The molecule has 0 spiro atoms. The van der Waals surface area contributed by atoms with E-state index in [9.17, 15) is 31.1 Å². The molecule has 14 heteroatoms. The second kappa shape index (κ2) is 8.69. The lowest BCUT2D eigenvalue weighted by Gasteiger charge is -2.28. The third-order valence-electron chi connectivity index (χ3n) is 4.10. The van der Waals surface area contributed by atoms with Crippen LogP contribution in [0.15, 0.2) is 36.5 Å². The summed E-state index contributed by atoms with van der Waals surface area (Å²) in [6.45, 7) is -0.293. The number of aromatic nitrogens is 3. The lowest BCUT2D eigenvalue weighted by atomic mass is 9.85. The van der Waals surface area contributed by atoms with Crippen LogP contribution >= 0.6 is 0 Å². The van der Waals surface area contributed by atoms with E-state index in [1.54, 1.807) is 24.3 Å². The number of aliphatic carboxylic acids is 1. The molecule has 0 bridgehead atoms. The van der Waals surface area contributed by atoms with Gasteiger partial charge in [-0.05, 0) is 25.1 Å². The average molecular weight is 439 g/mol. The largest absolute Gasteiger partial charge is 0.490 e. The standard InChI is InChI=1S/C14H14F3N5O.C2HF3O2/c15-14(16,17)13(6-7-18-9-13)12(23)20-11-8-19-22(21-11)10-4-2-1-3-5-10;3-2(4,5)1(6)7/h1-5,8,18H,6-7,9H2,(H,20,21,23);(H,6,7). The molecule has 8 nitrogen and oxygen atoms in total. The van der Waals surface area contributed by atoms with E-state index in [1.165, 1.54) is 11.0 Å². The smallest absolute Gasteiger partial charge is 0.475 e. The molecule has 1 aliphatic heterocycles. The minimum Gasteiger partial charge on any atom is -0.475 e. The SMILES string of the molecule is O=C(Nc1cnn(-c2ccccc2)n1)C1(C(F)(F)F)CCNC1.O=C(O)C(F)(F)F. The Balaban J connectivity index is 0.000000396. The first-order chi connectivity index (χ1) is 13.9. The van der Waals surface area contributed by atoms with Gasteiger partial charge in [0.15, 0.2) is 11.2 Å². The molecule has 1 aromatic carbocycles. The second-order valence-corrected chi connectivity index (χ2v) is 6.12. The van der Waals surface area contributed by atoms with Gasteiger partial charge in [0.05, 0.1) is 11.9 Å². The molecule has 0 saturated carbocycles. The summed E-state index contributed by atoms with van der Waals surface area (Å²) in [5.74, 6) is -3.89. The van der Waals surface area contributed by atoms with Gasteiger partial charge in [0.25, 0.3) is 0 Å². The van der Waals surface area contributed by atoms with Crippen molar-refractivity contribution in [3.8, 4) is 5.69 Å². The van der Waals surface area contributed by atoms with Gasteiger partial charge in [-0.1, -0.05) is 18.2 Å². The third kappa shape index (κ3) is 5.25. The maximum absolute atomic E-state index is 13.3. The molecule has 3 N–H and O–H groups in total. The highest BCUT2D eigenvalue weighted by Gasteiger charge is 2.61. The molecule has 30 heavy (non-hydrogen) atoms. The maximum Gasteiger partial charge on any atom is 0.490 e. The van der Waals surface area contributed by atoms with Crippen LogP contribution in [0.1, 0.15) is 6.42 Å². The van der Waals surface area contributed by atoms with Gasteiger partial charge in [0, 0.05) is 6.54 Å². The highest BCUT2D eigenvalue weighted by molar-refractivity contribution is 5.95. The molecule has 0 aliphatic carbocycles. The number of para-hydroxylation sites is 1. The van der Waals surface area contributed by atoms with Crippen molar-refractivity contribution in [3.05, 3.63) is 36.5 Å². The van der Waals surface area contributed by atoms with E-state index in [0.29, 0.717) is 5.69 Å². The number of carbonyl (C=O) groups is 2. The molecule has 3 rings (SSSR count). The number of nitrogens with zero attached hydrogens (tertiary/aromatic N) is 3. The average Bonchev–Trinajstić information content (AvgIpc) is 3.32. The number of alkyl halides is 6. The highest BCUT2D eigenvalue weighted by atomic mass is 19.4. The summed E-state index contributed by atoms with van der Waals surface area (Å²) < 4.78 is 71.6. The van der Waals surface area contributed by atoms with E-state index < -0.39 is 36.2 Å². The summed E-state index contributed by atoms with van der Waals surface area (Å²) in [4.78, 5) is 22.3. The zero-order chi connectivity index (χ0) is 22.6. The lowest BCUT2D eigenvalue weighted by molar-refractivity contribution is -0.213. The molecule has 1 unspecified atom stereocenters. The van der Waals surface area contributed by atoms with Crippen molar-refractivity contribution in [1.82, 2.24) is 20.3 Å². The number of carboxylic acids is 1. The fourth-order valence-electron chi connectivity index (χ4n) is 2.50. The Morgan fingerprint density at radius 3 is 2.20 bits per heavy atom. The number of nitrogens with one attached hydrogen (secondary N) is 2. The van der Waals surface area contributed by atoms with Crippen molar-refractivity contribution in [2.75, 3.05) is 18.4 Å². The van der Waals surface area contributed by atoms with Crippen molar-refractivity contribution >= 4 is 17.7 Å². The number of hydrogen-bond donors (Lipinski definition) is 3. The Bertz CT molecular complexity index is 875. The first kappa shape index (κ1) is 23.1. The van der Waals surface area contributed by atoms with Crippen LogP contribution in [0.3, 0.4) is 0 Å². The summed E-state index contributed by atoms with van der Waals surface area (Å²) in [7, 11) is 0. The molecule has 164 valence electrons. The number of amides is 1. The minimum absolute atomic E-state index is 0.0191. The zero-order valence-corrected chi connectivity index (χ0v) is 15.0. The van der Waals surface area contributed by atoms with Crippen LogP contribution in [0, 0.1) is 5.41 Å². The number of benzene rings is 1. The number of halogens is 6. The van der Waals surface area contributed by atoms with E-state index in [1.807, 2.05) is 6.07 Å². The van der Waals surface area contributed by atoms with E-state index in [-0.39, 0.29) is 18.8 Å². The molecule has 1 aliphatic rings. The molecular weight excluding hydrogens is 424 g/mol. The van der Waals surface area contributed by atoms with Crippen molar-refractivity contribution in [2.45, 2.75) is 18.8 Å². The van der Waals surface area contributed by atoms with Gasteiger partial charge in [-0.3, -0.25) is 4.79 Å². The number of carbonyl (C=O) groups excluding carboxylic acids is 1. The van der Waals surface area contributed by atoms with Gasteiger partial charge >= 0.3 is 18.3 Å². The van der Waals surface area contributed by atoms with E-state index >= 15 is 0 Å². The number of carboxylic acid groups (broad SMARTS) is 1. The Morgan fingerprint density at radius 1 is 1.13 bits per heavy atom. The summed E-state index contributed by atoms with van der Waals surface area (Å²) in [5, 5.41) is 19.9. The van der Waals surface area contributed by atoms with Gasteiger partial charge in [-0.2, -0.15) is 31.4 Å². The molecule has 1 aromatic heterocycles. The quantitative estimate of drug-likeness (QED) is 0.634. The van der Waals surface area contributed by atoms with E-state index in [0.717, 1.165) is 0 Å². The van der Waals surface area contributed by atoms with Crippen LogP contribution in [0.4, 0.5) is 32.2 Å². The number of hydrogen-bond acceptors (Lipinski definition) is 5. The Morgan fingerprint density at radius 2 is 1.73 bits per heavy atom. The topological polar surface area (TPSA) is 109 Å². The third-order valence-corrected chi connectivity index (χ3v) is 4.10. The summed E-state index contributed by atoms with van der Waals surface area (Å²) >= 11 is 0. The minimum atomic E-state index is -5.08. The summed E-state index contributed by atoms with van der Waals surface area (Å²) in [6.07, 6.45) is -8.79. The predicted molar refractivity (Wildman–Crippen MR) is 89.7 cm³/mol. The van der Waals surface area contributed by atoms with Crippen molar-refractivity contribution in [1.29, 1.82) is 0 Å². The first-order valence-corrected chi connectivity index (χ1v) is 8.23. The van der Waals surface area contributed by atoms with Gasteiger partial charge in [-0.15, -0.1) is 9.90 Å². The maximum atomic E-state index is 13.3. The first-order valence-electron chi connectivity index (χ1n) is 8.23.